The van der Waals surface area contributed by atoms with Gasteiger partial charge < -0.3 is 24.2 Å². The first-order valence-corrected chi connectivity index (χ1v) is 12.8. The molecule has 0 saturated carbocycles. The first-order chi connectivity index (χ1) is 16.7. The van der Waals surface area contributed by atoms with Gasteiger partial charge in [0.2, 0.25) is 5.88 Å². The van der Waals surface area contributed by atoms with Gasteiger partial charge in [-0.3, -0.25) is 4.79 Å². The number of methoxy groups -OCH3 is 1. The molecule has 4 rings (SSSR count). The van der Waals surface area contributed by atoms with Gasteiger partial charge in [-0.25, -0.2) is 14.2 Å². The van der Waals surface area contributed by atoms with Crippen molar-refractivity contribution in [1.82, 2.24) is 18.5 Å². The smallest absolute Gasteiger partial charge is 0.409 e. The maximum absolute atomic E-state index is 13.6. The van der Waals surface area contributed by atoms with Crippen LogP contribution in [-0.2, 0) is 24.5 Å². The molecule has 3 saturated heterocycles. The Balaban J connectivity index is 1.44. The number of amides is 1. The van der Waals surface area contributed by atoms with E-state index in [9.17, 15) is 27.5 Å². The molecule has 0 radical (unpaired) electrons. The Labute approximate surface area is 202 Å². The average Bonchev–Trinajstić information content (AvgIpc) is 3.09. The van der Waals surface area contributed by atoms with E-state index in [-0.39, 0.29) is 57.8 Å². The molecule has 2 unspecified atom stereocenters. The van der Waals surface area contributed by atoms with Gasteiger partial charge in [0.15, 0.2) is 5.54 Å². The Morgan fingerprint density at radius 3 is 2.60 bits per heavy atom. The van der Waals surface area contributed by atoms with Gasteiger partial charge in [-0.2, -0.15) is 17.0 Å². The number of carbonyl (C=O) groups excluding carboxylic acids is 1. The number of carboxylic acids is 1. The van der Waals surface area contributed by atoms with Crippen LogP contribution < -0.4 is 4.74 Å². The predicted octanol–water partition coefficient (Wildman–Crippen LogP) is 0.695. The summed E-state index contributed by atoms with van der Waals surface area (Å²) < 4.78 is 58.4. The Bertz CT molecular complexity index is 1030. The van der Waals surface area contributed by atoms with Crippen molar-refractivity contribution in [2.45, 2.75) is 43.4 Å². The molecule has 4 heterocycles. The van der Waals surface area contributed by atoms with E-state index in [2.05, 4.69) is 4.98 Å². The predicted molar refractivity (Wildman–Crippen MR) is 118 cm³/mol. The van der Waals surface area contributed by atoms with Crippen LogP contribution in [0.1, 0.15) is 25.7 Å². The monoisotopic (exact) mass is 516 g/mol. The maximum atomic E-state index is 13.6. The van der Waals surface area contributed by atoms with Gasteiger partial charge in [-0.05, 0) is 31.7 Å². The highest BCUT2D eigenvalue weighted by molar-refractivity contribution is 7.86. The zero-order chi connectivity index (χ0) is 25.2. The lowest BCUT2D eigenvalue weighted by molar-refractivity contribution is -0.150. The second kappa shape index (κ2) is 10.2. The number of carboxylic acid groups (broad SMARTS) is 1. The lowest BCUT2D eigenvalue weighted by Crippen LogP contribution is -2.69. The molecule has 2 bridgehead atoms. The van der Waals surface area contributed by atoms with E-state index in [0.29, 0.717) is 19.3 Å². The van der Waals surface area contributed by atoms with Crippen molar-refractivity contribution >= 4 is 22.3 Å². The molecule has 0 aliphatic carbocycles. The van der Waals surface area contributed by atoms with Crippen LogP contribution in [0.15, 0.2) is 18.3 Å². The Morgan fingerprint density at radius 2 is 1.97 bits per heavy atom. The van der Waals surface area contributed by atoms with Crippen molar-refractivity contribution in [2.75, 3.05) is 46.5 Å². The number of likely N-dealkylation sites (tertiary alicyclic amines) is 1. The van der Waals surface area contributed by atoms with E-state index in [4.69, 9.17) is 14.2 Å². The van der Waals surface area contributed by atoms with Crippen molar-refractivity contribution in [3.8, 4) is 5.88 Å². The normalized spacial score (nSPS) is 26.0. The van der Waals surface area contributed by atoms with Crippen LogP contribution in [0, 0.1) is 5.82 Å². The summed E-state index contributed by atoms with van der Waals surface area (Å²) in [5, 5.41) is 10.1. The van der Waals surface area contributed by atoms with Crippen LogP contribution in [0.2, 0.25) is 0 Å². The van der Waals surface area contributed by atoms with Crippen LogP contribution in [0.3, 0.4) is 0 Å². The summed E-state index contributed by atoms with van der Waals surface area (Å²) >= 11 is 0. The van der Waals surface area contributed by atoms with E-state index in [1.54, 1.807) is 0 Å². The van der Waals surface area contributed by atoms with Gasteiger partial charge in [-0.15, -0.1) is 0 Å². The van der Waals surface area contributed by atoms with Crippen molar-refractivity contribution in [1.29, 1.82) is 0 Å². The number of piperidine rings is 1. The molecule has 0 spiro atoms. The zero-order valence-electron chi connectivity index (χ0n) is 19.3. The Hall–Kier alpha value is -2.55. The molecule has 0 aromatic carbocycles. The highest BCUT2D eigenvalue weighted by Gasteiger charge is 2.63. The van der Waals surface area contributed by atoms with E-state index < -0.39 is 39.7 Å². The third-order valence-electron chi connectivity index (χ3n) is 6.66. The summed E-state index contributed by atoms with van der Waals surface area (Å²) in [6.07, 6.45) is 1.21. The summed E-state index contributed by atoms with van der Waals surface area (Å²) in [7, 11) is -2.67. The average molecular weight is 517 g/mol. The Morgan fingerprint density at radius 1 is 1.23 bits per heavy atom. The van der Waals surface area contributed by atoms with Crippen LogP contribution in [-0.4, -0.2) is 108 Å². The fraction of sp³-hybridized carbons (Fsp3) is 0.667. The van der Waals surface area contributed by atoms with Crippen molar-refractivity contribution in [2.24, 2.45) is 0 Å². The van der Waals surface area contributed by atoms with Gasteiger partial charge >= 0.3 is 12.1 Å². The molecule has 3 aliphatic heterocycles. The number of aliphatic carboxylic acids is 1. The largest absolute Gasteiger partial charge is 0.480 e. The van der Waals surface area contributed by atoms with Gasteiger partial charge in [-0.1, -0.05) is 0 Å². The van der Waals surface area contributed by atoms with Gasteiger partial charge in [0.05, 0.1) is 19.3 Å². The van der Waals surface area contributed by atoms with Crippen LogP contribution >= 0.6 is 0 Å². The molecule has 3 aliphatic rings. The standard InChI is InChI=1S/C21H29FN4O8S/c1-32-10-11-33-20(29)24-13-16-4-7-21(14-24,19(27)28)26(16)35(30,31)25-8-5-17(6-9-25)34-18-3-2-15(22)12-23-18/h2-3,12,16-17H,4-11,13-14H2,1H3,(H,27,28). The molecular weight excluding hydrogens is 487 g/mol. The number of hydrogen-bond donors (Lipinski definition) is 1. The third-order valence-corrected chi connectivity index (χ3v) is 8.82. The molecule has 1 amide bonds. The summed E-state index contributed by atoms with van der Waals surface area (Å²) in [5.74, 6) is -1.52. The summed E-state index contributed by atoms with van der Waals surface area (Å²) in [5.41, 5.74) is -1.76. The van der Waals surface area contributed by atoms with Crippen molar-refractivity contribution in [3.63, 3.8) is 0 Å². The molecule has 194 valence electrons. The van der Waals surface area contributed by atoms with E-state index >= 15 is 0 Å². The topological polar surface area (TPSA) is 139 Å². The van der Waals surface area contributed by atoms with Gasteiger partial charge in [0.1, 0.15) is 18.5 Å². The number of ether oxygens (including phenoxy) is 3. The van der Waals surface area contributed by atoms with E-state index in [0.717, 1.165) is 10.5 Å². The lowest BCUT2D eigenvalue weighted by atomic mass is 9.97. The fourth-order valence-electron chi connectivity index (χ4n) is 4.96. The number of hydrogen-bond acceptors (Lipinski definition) is 8. The van der Waals surface area contributed by atoms with Gasteiger partial charge in [0.25, 0.3) is 10.2 Å². The van der Waals surface area contributed by atoms with Crippen LogP contribution in [0.5, 0.6) is 5.88 Å². The SMILES string of the molecule is COCCOC(=O)N1CC2CCC(C(=O)O)(C1)N2S(=O)(=O)N1CCC(Oc2ccc(F)cn2)CC1. The quantitative estimate of drug-likeness (QED) is 0.495. The molecular formula is C21H29FN4O8S. The zero-order valence-corrected chi connectivity index (χ0v) is 20.2. The first kappa shape index (κ1) is 25.5. The molecule has 1 aromatic heterocycles. The lowest BCUT2D eigenvalue weighted by Gasteiger charge is -2.47. The number of halogens is 1. The molecule has 3 fully saturated rings. The number of fused-ring (bicyclic) bond motifs is 2. The highest BCUT2D eigenvalue weighted by Crippen LogP contribution is 2.43. The molecule has 1 N–H and O–H groups in total. The number of nitrogens with zero attached hydrogens (tertiary/aromatic N) is 4. The van der Waals surface area contributed by atoms with Gasteiger partial charge in [0, 0.05) is 38.9 Å². The number of piperazine rings is 1. The highest BCUT2D eigenvalue weighted by atomic mass is 32.2. The van der Waals surface area contributed by atoms with Crippen LogP contribution in [0.25, 0.3) is 0 Å². The van der Waals surface area contributed by atoms with E-state index in [1.807, 2.05) is 0 Å². The van der Waals surface area contributed by atoms with Crippen LogP contribution in [0.4, 0.5) is 9.18 Å². The maximum Gasteiger partial charge on any atom is 0.409 e. The fourth-order valence-corrected chi connectivity index (χ4v) is 7.10. The molecule has 2 atom stereocenters. The van der Waals surface area contributed by atoms with Crippen molar-refractivity contribution in [3.05, 3.63) is 24.1 Å². The second-order valence-electron chi connectivity index (χ2n) is 8.85. The summed E-state index contributed by atoms with van der Waals surface area (Å²) in [4.78, 5) is 30.0. The first-order valence-electron chi connectivity index (χ1n) is 11.4. The second-order valence-corrected chi connectivity index (χ2v) is 10.7. The minimum absolute atomic E-state index is 0.0169. The summed E-state index contributed by atoms with van der Waals surface area (Å²) in [6.45, 7) is 0.245. The molecule has 14 heteroatoms. The summed E-state index contributed by atoms with van der Waals surface area (Å²) in [6, 6.07) is 1.97. The number of carbonyl (C=O) groups is 2. The number of aromatic nitrogens is 1. The number of rotatable bonds is 8. The molecule has 12 nitrogen and oxygen atoms in total. The van der Waals surface area contributed by atoms with E-state index in [1.165, 1.54) is 28.4 Å². The minimum Gasteiger partial charge on any atom is -0.480 e. The molecule has 1 aromatic rings. The Kier molecular flexibility index (Phi) is 7.45. The minimum atomic E-state index is -4.13. The van der Waals surface area contributed by atoms with Crippen molar-refractivity contribution < 1.29 is 41.7 Å². The number of pyridine rings is 1. The third kappa shape index (κ3) is 5.06. The molecule has 35 heavy (non-hydrogen) atoms.